The second-order valence-corrected chi connectivity index (χ2v) is 7.68. The van der Waals surface area contributed by atoms with E-state index >= 15 is 0 Å². The van der Waals surface area contributed by atoms with E-state index in [9.17, 15) is 14.0 Å². The zero-order chi connectivity index (χ0) is 22.0. The van der Waals surface area contributed by atoms with Crippen LogP contribution in [0.2, 0.25) is 0 Å². The fourth-order valence-electron chi connectivity index (χ4n) is 3.37. The highest BCUT2D eigenvalue weighted by molar-refractivity contribution is 7.16. The van der Waals surface area contributed by atoms with Crippen LogP contribution in [0.15, 0.2) is 59.6 Å². The molecule has 0 unspecified atom stereocenters. The Kier molecular flexibility index (Phi) is 5.81. The highest BCUT2D eigenvalue weighted by Crippen LogP contribution is 2.29. The number of amides is 1. The summed E-state index contributed by atoms with van der Waals surface area (Å²) in [5.41, 5.74) is 0.930. The van der Waals surface area contributed by atoms with Gasteiger partial charge in [-0.05, 0) is 42.0 Å². The minimum absolute atomic E-state index is 0.151. The second kappa shape index (κ2) is 8.69. The van der Waals surface area contributed by atoms with Crippen LogP contribution in [0.25, 0.3) is 21.0 Å². The van der Waals surface area contributed by atoms with Crippen LogP contribution in [0.4, 0.5) is 4.39 Å². The van der Waals surface area contributed by atoms with E-state index in [1.54, 1.807) is 16.7 Å². The van der Waals surface area contributed by atoms with Gasteiger partial charge in [-0.15, -0.1) is 0 Å². The molecule has 0 N–H and O–H groups in total. The molecule has 1 amide bonds. The maximum absolute atomic E-state index is 13.7. The van der Waals surface area contributed by atoms with Gasteiger partial charge < -0.3 is 14.0 Å². The third-order valence-corrected chi connectivity index (χ3v) is 5.80. The Morgan fingerprint density at radius 2 is 1.94 bits per heavy atom. The number of ether oxygens (including phenoxy) is 2. The molecule has 0 bridgehead atoms. The van der Waals surface area contributed by atoms with E-state index in [-0.39, 0.29) is 11.3 Å². The highest BCUT2D eigenvalue weighted by Gasteiger charge is 2.18. The van der Waals surface area contributed by atoms with Crippen molar-refractivity contribution in [2.45, 2.75) is 13.5 Å². The lowest BCUT2D eigenvalue weighted by atomic mass is 10.0. The SMILES string of the molecule is CCOc1ccc2ccccc2c1C(=O)N=c1sc2cc(F)ccc2n1CC(=O)OC. The highest BCUT2D eigenvalue weighted by atomic mass is 32.1. The lowest BCUT2D eigenvalue weighted by molar-refractivity contribution is -0.141. The molecule has 0 saturated carbocycles. The van der Waals surface area contributed by atoms with Crippen LogP contribution in [-0.4, -0.2) is 30.2 Å². The lowest BCUT2D eigenvalue weighted by Crippen LogP contribution is -2.22. The van der Waals surface area contributed by atoms with Crippen molar-refractivity contribution in [3.63, 3.8) is 0 Å². The molecule has 0 aliphatic heterocycles. The van der Waals surface area contributed by atoms with E-state index < -0.39 is 17.7 Å². The van der Waals surface area contributed by atoms with E-state index in [2.05, 4.69) is 4.99 Å². The van der Waals surface area contributed by atoms with E-state index in [4.69, 9.17) is 9.47 Å². The molecule has 0 aliphatic carbocycles. The van der Waals surface area contributed by atoms with Gasteiger partial charge in [0.05, 0.1) is 29.5 Å². The Bertz CT molecular complexity index is 1370. The Labute approximate surface area is 181 Å². The molecule has 4 rings (SSSR count). The Hall–Kier alpha value is -3.52. The minimum Gasteiger partial charge on any atom is -0.493 e. The molecule has 0 saturated heterocycles. The fourth-order valence-corrected chi connectivity index (χ4v) is 4.42. The molecule has 0 spiro atoms. The maximum atomic E-state index is 13.7. The van der Waals surface area contributed by atoms with Crippen molar-refractivity contribution in [1.82, 2.24) is 4.57 Å². The first-order valence-electron chi connectivity index (χ1n) is 9.61. The number of benzene rings is 3. The number of rotatable bonds is 5. The third-order valence-electron chi connectivity index (χ3n) is 4.76. The smallest absolute Gasteiger partial charge is 0.325 e. The van der Waals surface area contributed by atoms with Crippen molar-refractivity contribution < 1.29 is 23.5 Å². The average Bonchev–Trinajstić information content (AvgIpc) is 3.09. The number of aromatic nitrogens is 1. The summed E-state index contributed by atoms with van der Waals surface area (Å²) >= 11 is 1.13. The molecule has 8 heteroatoms. The summed E-state index contributed by atoms with van der Waals surface area (Å²) in [4.78, 5) is 29.9. The molecule has 6 nitrogen and oxygen atoms in total. The molecule has 1 heterocycles. The molecule has 3 aromatic carbocycles. The van der Waals surface area contributed by atoms with Gasteiger partial charge in [-0.25, -0.2) is 4.39 Å². The fraction of sp³-hybridized carbons (Fsp3) is 0.174. The van der Waals surface area contributed by atoms with Crippen molar-refractivity contribution in [2.24, 2.45) is 4.99 Å². The van der Waals surface area contributed by atoms with Crippen LogP contribution >= 0.6 is 11.3 Å². The molecule has 0 atom stereocenters. The van der Waals surface area contributed by atoms with E-state index in [0.717, 1.165) is 16.7 Å². The maximum Gasteiger partial charge on any atom is 0.325 e. The van der Waals surface area contributed by atoms with Crippen molar-refractivity contribution >= 4 is 44.2 Å². The van der Waals surface area contributed by atoms with Crippen molar-refractivity contribution in [3.05, 3.63) is 70.8 Å². The number of halogens is 1. The number of hydrogen-bond donors (Lipinski definition) is 0. The van der Waals surface area contributed by atoms with Crippen LogP contribution in [0.1, 0.15) is 17.3 Å². The van der Waals surface area contributed by atoms with E-state index in [1.165, 1.54) is 19.2 Å². The summed E-state index contributed by atoms with van der Waals surface area (Å²) in [5, 5.41) is 1.60. The first-order valence-corrected chi connectivity index (χ1v) is 10.4. The zero-order valence-electron chi connectivity index (χ0n) is 16.9. The predicted molar refractivity (Wildman–Crippen MR) is 117 cm³/mol. The van der Waals surface area contributed by atoms with Crippen LogP contribution < -0.4 is 9.54 Å². The van der Waals surface area contributed by atoms with Crippen molar-refractivity contribution in [3.8, 4) is 5.75 Å². The van der Waals surface area contributed by atoms with Crippen LogP contribution in [0, 0.1) is 5.82 Å². The largest absolute Gasteiger partial charge is 0.493 e. The zero-order valence-corrected chi connectivity index (χ0v) is 17.7. The quantitative estimate of drug-likeness (QED) is 0.436. The van der Waals surface area contributed by atoms with Crippen LogP contribution in [-0.2, 0) is 16.1 Å². The number of esters is 1. The molecule has 0 fully saturated rings. The van der Waals surface area contributed by atoms with E-state index in [1.807, 2.05) is 37.3 Å². The molecule has 1 aromatic heterocycles. The van der Waals surface area contributed by atoms with Gasteiger partial charge in [0.2, 0.25) is 0 Å². The second-order valence-electron chi connectivity index (χ2n) is 6.67. The normalized spacial score (nSPS) is 11.8. The third kappa shape index (κ3) is 4.06. The average molecular weight is 438 g/mol. The standard InChI is InChI=1S/C23H19FN2O4S/c1-3-30-18-11-8-14-6-4-5-7-16(14)21(18)22(28)25-23-26(13-20(27)29-2)17-10-9-15(24)12-19(17)31-23/h4-12H,3,13H2,1-2H3. The Balaban J connectivity index is 1.93. The Morgan fingerprint density at radius 3 is 2.71 bits per heavy atom. The lowest BCUT2D eigenvalue weighted by Gasteiger charge is -2.10. The topological polar surface area (TPSA) is 69.9 Å². The van der Waals surface area contributed by atoms with Crippen molar-refractivity contribution in [1.29, 1.82) is 0 Å². The number of carbonyl (C=O) groups is 2. The first kappa shape index (κ1) is 20.7. The number of hydrogen-bond acceptors (Lipinski definition) is 5. The van der Waals surface area contributed by atoms with Gasteiger partial charge in [-0.3, -0.25) is 9.59 Å². The van der Waals surface area contributed by atoms with Crippen molar-refractivity contribution in [2.75, 3.05) is 13.7 Å². The summed E-state index contributed by atoms with van der Waals surface area (Å²) in [6, 6.07) is 15.3. The summed E-state index contributed by atoms with van der Waals surface area (Å²) in [5.74, 6) is -0.991. The first-order chi connectivity index (χ1) is 15.0. The number of nitrogens with zero attached hydrogens (tertiary/aromatic N) is 2. The van der Waals surface area contributed by atoms with Gasteiger partial charge in [0, 0.05) is 0 Å². The van der Waals surface area contributed by atoms with Gasteiger partial charge in [0.15, 0.2) is 4.80 Å². The number of methoxy groups -OCH3 is 1. The summed E-state index contributed by atoms with van der Waals surface area (Å²) in [7, 11) is 1.28. The number of fused-ring (bicyclic) bond motifs is 2. The van der Waals surface area contributed by atoms with Crippen LogP contribution in [0.5, 0.6) is 5.75 Å². The minimum atomic E-state index is -0.508. The summed E-state index contributed by atoms with van der Waals surface area (Å²) in [6.45, 7) is 2.08. The molecule has 31 heavy (non-hydrogen) atoms. The van der Waals surface area contributed by atoms with Gasteiger partial charge in [0.1, 0.15) is 18.1 Å². The van der Waals surface area contributed by atoms with Gasteiger partial charge in [-0.1, -0.05) is 41.7 Å². The van der Waals surface area contributed by atoms with E-state index in [0.29, 0.717) is 33.5 Å². The molecule has 0 radical (unpaired) electrons. The molecule has 4 aromatic rings. The molecule has 0 aliphatic rings. The predicted octanol–water partition coefficient (Wildman–Crippen LogP) is 4.31. The summed E-state index contributed by atoms with van der Waals surface area (Å²) in [6.07, 6.45) is 0. The van der Waals surface area contributed by atoms with Gasteiger partial charge in [0.25, 0.3) is 5.91 Å². The Morgan fingerprint density at radius 1 is 1.13 bits per heavy atom. The number of carbonyl (C=O) groups excluding carboxylic acids is 2. The molecular weight excluding hydrogens is 419 g/mol. The van der Waals surface area contributed by atoms with Gasteiger partial charge >= 0.3 is 5.97 Å². The molecule has 158 valence electrons. The van der Waals surface area contributed by atoms with Crippen LogP contribution in [0.3, 0.4) is 0 Å². The monoisotopic (exact) mass is 438 g/mol. The van der Waals surface area contributed by atoms with Gasteiger partial charge in [-0.2, -0.15) is 4.99 Å². The summed E-state index contributed by atoms with van der Waals surface area (Å²) < 4.78 is 26.3. The molecular formula is C23H19FN2O4S. The number of thiazole rings is 1.